The van der Waals surface area contributed by atoms with Gasteiger partial charge in [-0.2, -0.15) is 0 Å². The molecular weight excluding hydrogens is 240 g/mol. The Morgan fingerprint density at radius 2 is 1.84 bits per heavy atom. The molecule has 0 spiro atoms. The van der Waals surface area contributed by atoms with Crippen LogP contribution < -0.4 is 5.32 Å². The largest absolute Gasteiger partial charge is 0.381 e. The average molecular weight is 256 g/mol. The summed E-state index contributed by atoms with van der Waals surface area (Å²) in [4.78, 5) is 10.4. The monoisotopic (exact) mass is 256 g/mol. The third-order valence-electron chi connectivity index (χ3n) is 3.14. The highest BCUT2D eigenvalue weighted by molar-refractivity contribution is 5.53. The van der Waals surface area contributed by atoms with Gasteiger partial charge in [0.05, 0.1) is 4.92 Å². The lowest BCUT2D eigenvalue weighted by Gasteiger charge is -2.09. The maximum Gasteiger partial charge on any atom is 0.272 e. The molecule has 0 aliphatic carbocycles. The van der Waals surface area contributed by atoms with Crippen molar-refractivity contribution in [2.24, 2.45) is 0 Å². The highest BCUT2D eigenvalue weighted by Crippen LogP contribution is 2.22. The second-order valence-electron chi connectivity index (χ2n) is 4.54. The lowest BCUT2D eigenvalue weighted by molar-refractivity contribution is -0.385. The van der Waals surface area contributed by atoms with E-state index in [1.165, 1.54) is 17.2 Å². The Labute approximate surface area is 112 Å². The van der Waals surface area contributed by atoms with Crippen LogP contribution in [0.3, 0.4) is 0 Å². The molecular formula is C15H16N2O2. The van der Waals surface area contributed by atoms with Crippen molar-refractivity contribution in [1.29, 1.82) is 0 Å². The van der Waals surface area contributed by atoms with Crippen molar-refractivity contribution in [1.82, 2.24) is 0 Å². The molecule has 1 N–H and O–H groups in total. The number of anilines is 1. The lowest BCUT2D eigenvalue weighted by atomic mass is 10.1. The number of rotatable bonds is 4. The van der Waals surface area contributed by atoms with E-state index in [9.17, 15) is 10.1 Å². The van der Waals surface area contributed by atoms with Crippen LogP contribution in [0.15, 0.2) is 42.5 Å². The van der Waals surface area contributed by atoms with Gasteiger partial charge in [0, 0.05) is 23.9 Å². The van der Waals surface area contributed by atoms with Gasteiger partial charge in [-0.05, 0) is 37.1 Å². The summed E-state index contributed by atoms with van der Waals surface area (Å²) < 4.78 is 0. The van der Waals surface area contributed by atoms with Gasteiger partial charge in [-0.3, -0.25) is 10.1 Å². The molecule has 0 heterocycles. The summed E-state index contributed by atoms with van der Waals surface area (Å²) in [5.41, 5.74) is 4.17. The quantitative estimate of drug-likeness (QED) is 0.668. The SMILES string of the molecule is Cc1ccccc1CNc1ccc([N+](=O)[O-])c(C)c1. The first-order valence-corrected chi connectivity index (χ1v) is 6.11. The molecule has 4 heteroatoms. The van der Waals surface area contributed by atoms with E-state index >= 15 is 0 Å². The van der Waals surface area contributed by atoms with Gasteiger partial charge < -0.3 is 5.32 Å². The topological polar surface area (TPSA) is 55.2 Å². The maximum absolute atomic E-state index is 10.7. The molecule has 4 nitrogen and oxygen atoms in total. The molecule has 98 valence electrons. The predicted molar refractivity (Wildman–Crippen MR) is 76.3 cm³/mol. The lowest BCUT2D eigenvalue weighted by Crippen LogP contribution is -2.02. The van der Waals surface area contributed by atoms with E-state index in [0.717, 1.165) is 5.69 Å². The first kappa shape index (κ1) is 13.1. The molecule has 2 aromatic carbocycles. The van der Waals surface area contributed by atoms with E-state index < -0.39 is 0 Å². The molecule has 2 rings (SSSR count). The van der Waals surface area contributed by atoms with Crippen molar-refractivity contribution >= 4 is 11.4 Å². The van der Waals surface area contributed by atoms with Crippen LogP contribution in [-0.2, 0) is 6.54 Å². The summed E-state index contributed by atoms with van der Waals surface area (Å²) in [5.74, 6) is 0. The van der Waals surface area contributed by atoms with E-state index in [0.29, 0.717) is 12.1 Å². The molecule has 0 saturated carbocycles. The van der Waals surface area contributed by atoms with Crippen LogP contribution in [0.4, 0.5) is 11.4 Å². The van der Waals surface area contributed by atoms with Crippen LogP contribution in [-0.4, -0.2) is 4.92 Å². The highest BCUT2D eigenvalue weighted by Gasteiger charge is 2.09. The summed E-state index contributed by atoms with van der Waals surface area (Å²) in [5, 5.41) is 14.0. The van der Waals surface area contributed by atoms with Crippen LogP contribution in [0.2, 0.25) is 0 Å². The average Bonchev–Trinajstić information content (AvgIpc) is 2.37. The number of benzene rings is 2. The molecule has 0 amide bonds. The third-order valence-corrected chi connectivity index (χ3v) is 3.14. The van der Waals surface area contributed by atoms with Crippen molar-refractivity contribution in [3.8, 4) is 0 Å². The molecule has 2 aromatic rings. The number of nitrogens with one attached hydrogen (secondary N) is 1. The van der Waals surface area contributed by atoms with Gasteiger partial charge in [-0.25, -0.2) is 0 Å². The normalized spacial score (nSPS) is 10.2. The summed E-state index contributed by atoms with van der Waals surface area (Å²) in [6.07, 6.45) is 0. The molecule has 0 aliphatic heterocycles. The van der Waals surface area contributed by atoms with Crippen molar-refractivity contribution < 1.29 is 4.92 Å². The minimum absolute atomic E-state index is 0.154. The zero-order valence-corrected chi connectivity index (χ0v) is 11.0. The van der Waals surface area contributed by atoms with Crippen LogP contribution >= 0.6 is 0 Å². The third kappa shape index (κ3) is 3.10. The van der Waals surface area contributed by atoms with Gasteiger partial charge >= 0.3 is 0 Å². The molecule has 0 aromatic heterocycles. The van der Waals surface area contributed by atoms with Crippen molar-refractivity contribution in [2.45, 2.75) is 20.4 Å². The standard InChI is InChI=1S/C15H16N2O2/c1-11-5-3-4-6-13(11)10-16-14-7-8-15(17(18)19)12(2)9-14/h3-9,16H,10H2,1-2H3. The fourth-order valence-corrected chi connectivity index (χ4v) is 1.98. The summed E-state index contributed by atoms with van der Waals surface area (Å²) in [7, 11) is 0. The van der Waals surface area contributed by atoms with Gasteiger partial charge in [0.2, 0.25) is 0 Å². The molecule has 0 saturated heterocycles. The zero-order chi connectivity index (χ0) is 13.8. The Kier molecular flexibility index (Phi) is 3.80. The molecule has 19 heavy (non-hydrogen) atoms. The Balaban J connectivity index is 2.11. The molecule has 0 radical (unpaired) electrons. The molecule has 0 bridgehead atoms. The second kappa shape index (κ2) is 5.52. The Bertz CT molecular complexity index is 609. The zero-order valence-electron chi connectivity index (χ0n) is 11.0. The number of nitro benzene ring substituents is 1. The van der Waals surface area contributed by atoms with Crippen LogP contribution in [0.25, 0.3) is 0 Å². The number of nitrogens with zero attached hydrogens (tertiary/aromatic N) is 1. The van der Waals surface area contributed by atoms with E-state index in [1.807, 2.05) is 12.1 Å². The van der Waals surface area contributed by atoms with E-state index in [1.54, 1.807) is 19.1 Å². The van der Waals surface area contributed by atoms with Gasteiger partial charge in [-0.1, -0.05) is 24.3 Å². The van der Waals surface area contributed by atoms with Gasteiger partial charge in [-0.15, -0.1) is 0 Å². The first-order chi connectivity index (χ1) is 9.08. The Morgan fingerprint density at radius 1 is 1.11 bits per heavy atom. The maximum atomic E-state index is 10.7. The number of hydrogen-bond donors (Lipinski definition) is 1. The Morgan fingerprint density at radius 3 is 2.47 bits per heavy atom. The second-order valence-corrected chi connectivity index (χ2v) is 4.54. The van der Waals surface area contributed by atoms with Crippen molar-refractivity contribution in [3.05, 3.63) is 69.3 Å². The Hall–Kier alpha value is -2.36. The van der Waals surface area contributed by atoms with Crippen molar-refractivity contribution in [2.75, 3.05) is 5.32 Å². The molecule has 0 aliphatic rings. The highest BCUT2D eigenvalue weighted by atomic mass is 16.6. The molecule has 0 fully saturated rings. The fraction of sp³-hybridized carbons (Fsp3) is 0.200. The van der Waals surface area contributed by atoms with Crippen LogP contribution in [0, 0.1) is 24.0 Å². The smallest absolute Gasteiger partial charge is 0.272 e. The summed E-state index contributed by atoms with van der Waals surface area (Å²) in [6.45, 7) is 4.53. The van der Waals surface area contributed by atoms with E-state index in [2.05, 4.69) is 24.4 Å². The van der Waals surface area contributed by atoms with Crippen molar-refractivity contribution in [3.63, 3.8) is 0 Å². The molecule has 0 unspecified atom stereocenters. The number of nitro groups is 1. The predicted octanol–water partition coefficient (Wildman–Crippen LogP) is 3.82. The molecule has 0 atom stereocenters. The van der Waals surface area contributed by atoms with Crippen LogP contribution in [0.5, 0.6) is 0 Å². The van der Waals surface area contributed by atoms with E-state index in [-0.39, 0.29) is 10.6 Å². The minimum Gasteiger partial charge on any atom is -0.381 e. The van der Waals surface area contributed by atoms with E-state index in [4.69, 9.17) is 0 Å². The summed E-state index contributed by atoms with van der Waals surface area (Å²) >= 11 is 0. The van der Waals surface area contributed by atoms with Crippen LogP contribution in [0.1, 0.15) is 16.7 Å². The van der Waals surface area contributed by atoms with Gasteiger partial charge in [0.1, 0.15) is 0 Å². The van der Waals surface area contributed by atoms with Gasteiger partial charge in [0.25, 0.3) is 5.69 Å². The first-order valence-electron chi connectivity index (χ1n) is 6.11. The fourth-order valence-electron chi connectivity index (χ4n) is 1.98. The number of aryl methyl sites for hydroxylation is 2. The number of hydrogen-bond acceptors (Lipinski definition) is 3. The van der Waals surface area contributed by atoms with Gasteiger partial charge in [0.15, 0.2) is 0 Å². The summed E-state index contributed by atoms with van der Waals surface area (Å²) in [6, 6.07) is 13.2. The minimum atomic E-state index is -0.361.